The predicted octanol–water partition coefficient (Wildman–Crippen LogP) is 4.91. The Morgan fingerprint density at radius 1 is 1.29 bits per heavy atom. The lowest BCUT2D eigenvalue weighted by molar-refractivity contribution is -0.135. The summed E-state index contributed by atoms with van der Waals surface area (Å²) in [7, 11) is 0. The maximum Gasteiger partial charge on any atom is 0.323 e. The van der Waals surface area contributed by atoms with Gasteiger partial charge in [-0.15, -0.1) is 0 Å². The molecule has 0 bridgehead atoms. The third-order valence-corrected chi connectivity index (χ3v) is 5.56. The molecule has 0 saturated carbocycles. The van der Waals surface area contributed by atoms with Gasteiger partial charge in [0.15, 0.2) is 0 Å². The number of aliphatic carboxylic acids is 1. The summed E-state index contributed by atoms with van der Waals surface area (Å²) in [6, 6.07) is 15.9. The zero-order valence-corrected chi connectivity index (χ0v) is 17.3. The molecule has 0 fully saturated rings. The number of fused-ring (bicyclic) bond motifs is 1. The minimum Gasteiger partial charge on any atom is -0.480 e. The van der Waals surface area contributed by atoms with E-state index in [0.717, 1.165) is 42.9 Å². The Bertz CT molecular complexity index is 899. The summed E-state index contributed by atoms with van der Waals surface area (Å²) in [4.78, 5) is 15.4. The molecule has 0 amide bonds. The molecule has 0 radical (unpaired) electrons. The number of carbonyl (C=O) groups is 1. The van der Waals surface area contributed by atoms with Crippen molar-refractivity contribution in [3.8, 4) is 0 Å². The first-order valence-electron chi connectivity index (χ1n) is 9.17. The van der Waals surface area contributed by atoms with Crippen LogP contribution in [0.1, 0.15) is 24.5 Å². The highest BCUT2D eigenvalue weighted by atomic mass is 35.5. The second-order valence-electron chi connectivity index (χ2n) is 6.93. The average Bonchev–Trinajstić information content (AvgIpc) is 2.68. The quantitative estimate of drug-likeness (QED) is 0.621. The summed E-state index contributed by atoms with van der Waals surface area (Å²) >= 11 is 11.4. The van der Waals surface area contributed by atoms with Crippen molar-refractivity contribution in [1.82, 2.24) is 4.90 Å². The molecule has 4 nitrogen and oxygen atoms in total. The number of allylic oxidation sites excluding steroid dienone is 1. The Kier molecular flexibility index (Phi) is 6.70. The van der Waals surface area contributed by atoms with Crippen LogP contribution in [0, 0.1) is 0 Å². The molecule has 146 valence electrons. The monoisotopic (exact) mass is 414 g/mol. The average molecular weight is 415 g/mol. The van der Waals surface area contributed by atoms with E-state index >= 15 is 0 Å². The van der Waals surface area contributed by atoms with Crippen LogP contribution in [0.2, 0.25) is 5.02 Å². The van der Waals surface area contributed by atoms with E-state index in [2.05, 4.69) is 17.0 Å². The molecule has 6 heteroatoms. The van der Waals surface area contributed by atoms with Crippen LogP contribution >= 0.6 is 23.8 Å². The maximum absolute atomic E-state index is 11.4. The van der Waals surface area contributed by atoms with E-state index in [1.807, 2.05) is 42.2 Å². The normalized spacial score (nSPS) is 13.3. The van der Waals surface area contributed by atoms with Gasteiger partial charge in [0, 0.05) is 29.5 Å². The van der Waals surface area contributed by atoms with Gasteiger partial charge in [-0.3, -0.25) is 4.79 Å². The van der Waals surface area contributed by atoms with Crippen LogP contribution in [-0.2, 0) is 17.8 Å². The van der Waals surface area contributed by atoms with E-state index in [0.29, 0.717) is 5.02 Å². The summed E-state index contributed by atoms with van der Waals surface area (Å²) in [5.41, 5.74) is 7.11. The molecular weight excluding hydrogens is 392 g/mol. The topological polar surface area (TPSA) is 43.8 Å². The number of benzene rings is 2. The van der Waals surface area contributed by atoms with Gasteiger partial charge >= 0.3 is 5.97 Å². The minimum atomic E-state index is -0.855. The molecule has 2 aromatic carbocycles. The van der Waals surface area contributed by atoms with E-state index in [4.69, 9.17) is 23.8 Å². The number of anilines is 1. The summed E-state index contributed by atoms with van der Waals surface area (Å²) in [5, 5.41) is 10.0. The molecule has 0 saturated heterocycles. The number of carboxylic acids is 1. The first kappa shape index (κ1) is 20.4. The number of hydrogen-bond donors (Lipinski definition) is 1. The minimum absolute atomic E-state index is 0.0646. The van der Waals surface area contributed by atoms with Crippen LogP contribution < -0.4 is 4.90 Å². The molecule has 3 rings (SSSR count). The highest BCUT2D eigenvalue weighted by Gasteiger charge is 2.24. The Morgan fingerprint density at radius 2 is 2.04 bits per heavy atom. The molecule has 2 aromatic rings. The largest absolute Gasteiger partial charge is 0.480 e. The fourth-order valence-corrected chi connectivity index (χ4v) is 3.94. The second-order valence-corrected chi connectivity index (χ2v) is 7.58. The molecule has 1 N–H and O–H groups in total. The molecule has 0 spiro atoms. The predicted molar refractivity (Wildman–Crippen MR) is 118 cm³/mol. The summed E-state index contributed by atoms with van der Waals surface area (Å²) in [6.07, 6.45) is 1.59. The first-order valence-corrected chi connectivity index (χ1v) is 10.0. The van der Waals surface area contributed by atoms with Crippen molar-refractivity contribution in [1.29, 1.82) is 0 Å². The third kappa shape index (κ3) is 4.91. The van der Waals surface area contributed by atoms with Gasteiger partial charge in [-0.1, -0.05) is 54.2 Å². The molecule has 1 heterocycles. The van der Waals surface area contributed by atoms with Crippen molar-refractivity contribution >= 4 is 41.0 Å². The molecule has 0 unspecified atom stereocenters. The number of thiocarbonyl (C=S) groups is 1. The zero-order chi connectivity index (χ0) is 20.1. The van der Waals surface area contributed by atoms with Gasteiger partial charge in [0.2, 0.25) is 0 Å². The fourth-order valence-electron chi connectivity index (χ4n) is 3.56. The lowest BCUT2D eigenvalue weighted by Crippen LogP contribution is -2.33. The Morgan fingerprint density at radius 3 is 2.71 bits per heavy atom. The Hall–Kier alpha value is -2.37. The number of rotatable bonds is 8. The van der Waals surface area contributed by atoms with Crippen LogP contribution in [-0.4, -0.2) is 34.6 Å². The molecule has 1 aliphatic heterocycles. The fraction of sp³-hybridized carbons (Fsp3) is 0.273. The smallest absolute Gasteiger partial charge is 0.323 e. The van der Waals surface area contributed by atoms with Crippen LogP contribution in [0.4, 0.5) is 5.69 Å². The number of nitrogens with zero attached hydrogens (tertiary/aromatic N) is 2. The molecule has 28 heavy (non-hydrogen) atoms. The van der Waals surface area contributed by atoms with Crippen LogP contribution in [0.5, 0.6) is 0 Å². The van der Waals surface area contributed by atoms with Gasteiger partial charge < -0.3 is 14.9 Å². The third-order valence-electron chi connectivity index (χ3n) is 5.02. The van der Waals surface area contributed by atoms with E-state index in [1.54, 1.807) is 11.6 Å². The van der Waals surface area contributed by atoms with Gasteiger partial charge in [0.25, 0.3) is 0 Å². The summed E-state index contributed by atoms with van der Waals surface area (Å²) < 4.78 is 0. The van der Waals surface area contributed by atoms with Crippen LogP contribution in [0.15, 0.2) is 59.8 Å². The van der Waals surface area contributed by atoms with Gasteiger partial charge in [0.1, 0.15) is 6.54 Å². The lowest BCUT2D eigenvalue weighted by Gasteiger charge is -2.34. The number of carboxylic acid groups (broad SMARTS) is 1. The van der Waals surface area contributed by atoms with Crippen molar-refractivity contribution in [3.63, 3.8) is 0 Å². The Labute approximate surface area is 176 Å². The summed E-state index contributed by atoms with van der Waals surface area (Å²) in [6.45, 7) is 3.47. The second kappa shape index (κ2) is 9.22. The van der Waals surface area contributed by atoms with Crippen LogP contribution in [0.3, 0.4) is 0 Å². The van der Waals surface area contributed by atoms with Crippen molar-refractivity contribution < 1.29 is 9.90 Å². The molecule has 0 atom stereocenters. The van der Waals surface area contributed by atoms with Crippen molar-refractivity contribution in [2.45, 2.75) is 26.3 Å². The van der Waals surface area contributed by atoms with Gasteiger partial charge in [-0.25, -0.2) is 0 Å². The number of hydrogen-bond acceptors (Lipinski definition) is 3. The van der Waals surface area contributed by atoms with Crippen LogP contribution in [0.25, 0.3) is 0 Å². The molecule has 0 aromatic heterocycles. The van der Waals surface area contributed by atoms with Crippen molar-refractivity contribution in [2.24, 2.45) is 0 Å². The van der Waals surface area contributed by atoms with E-state index < -0.39 is 5.97 Å². The van der Waals surface area contributed by atoms with E-state index in [9.17, 15) is 9.90 Å². The summed E-state index contributed by atoms with van der Waals surface area (Å²) in [5.74, 6) is -0.855. The zero-order valence-electron chi connectivity index (χ0n) is 15.8. The highest BCUT2D eigenvalue weighted by molar-refractivity contribution is 7.78. The van der Waals surface area contributed by atoms with E-state index in [1.165, 1.54) is 11.1 Å². The molecule has 1 aliphatic rings. The maximum atomic E-state index is 11.4. The first-order chi connectivity index (χ1) is 13.5. The van der Waals surface area contributed by atoms with Gasteiger partial charge in [0.05, 0.1) is 5.49 Å². The Balaban J connectivity index is 1.77. The van der Waals surface area contributed by atoms with Gasteiger partial charge in [-0.2, -0.15) is 0 Å². The number of halogens is 1. The standard InChI is InChI=1S/C22H23ClN2O2S/c1-16-18(9-10-24(15-28)13-17-5-3-2-4-6-17)11-19-12-20(23)7-8-21(19)25(16)14-22(26)27/h2-8,12,15H,9-11,13-14H2,1H3,(H,26,27). The molecular formula is C22H23ClN2O2S. The molecule has 0 aliphatic carbocycles. The van der Waals surface area contributed by atoms with E-state index in [-0.39, 0.29) is 6.54 Å². The van der Waals surface area contributed by atoms with Crippen molar-refractivity contribution in [3.05, 3.63) is 76.0 Å². The van der Waals surface area contributed by atoms with Gasteiger partial charge in [-0.05, 0) is 54.7 Å². The highest BCUT2D eigenvalue weighted by Crippen LogP contribution is 2.35. The lowest BCUT2D eigenvalue weighted by atomic mass is 9.94. The SMILES string of the molecule is CC1=C(CCN(C=S)Cc2ccccc2)Cc2cc(Cl)ccc2N1CC(=O)O. The van der Waals surface area contributed by atoms with Crippen molar-refractivity contribution in [2.75, 3.05) is 18.0 Å².